The quantitative estimate of drug-likeness (QED) is 0.747. The molecule has 0 radical (unpaired) electrons. The van der Waals surface area contributed by atoms with E-state index < -0.39 is 0 Å². The molecule has 0 spiro atoms. The second-order valence-corrected chi connectivity index (χ2v) is 2.99. The SMILES string of the molecule is COCn1cc(Br)ccc1=O. The number of ether oxygens (including phenoxy) is 1. The predicted octanol–water partition coefficient (Wildman–Crippen LogP) is 1.21. The number of hydrogen-bond donors (Lipinski definition) is 0. The zero-order valence-electron chi connectivity index (χ0n) is 6.08. The Kier molecular flexibility index (Phi) is 2.84. The van der Waals surface area contributed by atoms with E-state index >= 15 is 0 Å². The maximum atomic E-state index is 11.0. The standard InChI is InChI=1S/C7H8BrNO2/c1-11-5-9-4-6(8)2-3-7(9)10/h2-4H,5H2,1H3. The van der Waals surface area contributed by atoms with Crippen LogP contribution in [0, 0.1) is 0 Å². The molecule has 0 N–H and O–H groups in total. The second-order valence-electron chi connectivity index (χ2n) is 2.07. The first-order chi connectivity index (χ1) is 5.24. The molecule has 60 valence electrons. The van der Waals surface area contributed by atoms with Crippen molar-refractivity contribution < 1.29 is 4.74 Å². The number of halogens is 1. The van der Waals surface area contributed by atoms with E-state index in [1.165, 1.54) is 10.6 Å². The molecule has 0 aromatic carbocycles. The minimum absolute atomic E-state index is 0.0601. The van der Waals surface area contributed by atoms with E-state index in [4.69, 9.17) is 4.74 Å². The van der Waals surface area contributed by atoms with Crippen molar-refractivity contribution in [2.45, 2.75) is 6.73 Å². The molecule has 1 rings (SSSR count). The first kappa shape index (κ1) is 8.49. The van der Waals surface area contributed by atoms with E-state index in [1.807, 2.05) is 0 Å². The summed E-state index contributed by atoms with van der Waals surface area (Å²) in [6.45, 7) is 0.290. The summed E-state index contributed by atoms with van der Waals surface area (Å²) in [6.07, 6.45) is 1.69. The van der Waals surface area contributed by atoms with Crippen molar-refractivity contribution in [1.82, 2.24) is 4.57 Å². The average Bonchev–Trinajstić information content (AvgIpc) is 1.98. The van der Waals surface area contributed by atoms with Crippen molar-refractivity contribution in [2.24, 2.45) is 0 Å². The highest BCUT2D eigenvalue weighted by Gasteiger charge is 1.93. The molecule has 0 atom stereocenters. The first-order valence-corrected chi connectivity index (χ1v) is 3.88. The minimum Gasteiger partial charge on any atom is -0.364 e. The summed E-state index contributed by atoms with van der Waals surface area (Å²) in [4.78, 5) is 11.0. The van der Waals surface area contributed by atoms with E-state index in [1.54, 1.807) is 19.4 Å². The maximum Gasteiger partial charge on any atom is 0.252 e. The number of rotatable bonds is 2. The van der Waals surface area contributed by atoms with Gasteiger partial charge in [0, 0.05) is 23.8 Å². The fourth-order valence-corrected chi connectivity index (χ4v) is 1.12. The first-order valence-electron chi connectivity index (χ1n) is 3.09. The zero-order chi connectivity index (χ0) is 8.27. The maximum absolute atomic E-state index is 11.0. The lowest BCUT2D eigenvalue weighted by molar-refractivity contribution is 0.128. The van der Waals surface area contributed by atoms with Crippen LogP contribution in [0.3, 0.4) is 0 Å². The number of aromatic nitrogens is 1. The van der Waals surface area contributed by atoms with Crippen LogP contribution >= 0.6 is 15.9 Å². The molecule has 1 heterocycles. The normalized spacial score (nSPS) is 10.0. The molecule has 11 heavy (non-hydrogen) atoms. The fraction of sp³-hybridized carbons (Fsp3) is 0.286. The van der Waals surface area contributed by atoms with Crippen LogP contribution in [0.15, 0.2) is 27.6 Å². The molecule has 0 unspecified atom stereocenters. The number of nitrogens with zero attached hydrogens (tertiary/aromatic N) is 1. The van der Waals surface area contributed by atoms with Crippen LogP contribution in [0.1, 0.15) is 0 Å². The summed E-state index contributed by atoms with van der Waals surface area (Å²) in [5.41, 5.74) is -0.0601. The molecule has 3 nitrogen and oxygen atoms in total. The topological polar surface area (TPSA) is 31.2 Å². The van der Waals surface area contributed by atoms with Gasteiger partial charge in [0.25, 0.3) is 5.56 Å². The van der Waals surface area contributed by atoms with Crippen molar-refractivity contribution in [2.75, 3.05) is 7.11 Å². The molecule has 0 saturated heterocycles. The highest BCUT2D eigenvalue weighted by Crippen LogP contribution is 2.04. The van der Waals surface area contributed by atoms with Crippen LogP contribution in [0.5, 0.6) is 0 Å². The Morgan fingerprint density at radius 3 is 3.00 bits per heavy atom. The molecular weight excluding hydrogens is 210 g/mol. The summed E-state index contributed by atoms with van der Waals surface area (Å²) in [7, 11) is 1.55. The van der Waals surface area contributed by atoms with Crippen molar-refractivity contribution in [3.63, 3.8) is 0 Å². The Morgan fingerprint density at radius 1 is 1.64 bits per heavy atom. The van der Waals surface area contributed by atoms with Gasteiger partial charge < -0.3 is 4.74 Å². The Morgan fingerprint density at radius 2 is 2.36 bits per heavy atom. The Balaban J connectivity index is 3.03. The van der Waals surface area contributed by atoms with Gasteiger partial charge in [-0.15, -0.1) is 0 Å². The molecular formula is C7H8BrNO2. The molecule has 1 aromatic heterocycles. The van der Waals surface area contributed by atoms with Gasteiger partial charge in [0.05, 0.1) is 0 Å². The number of methoxy groups -OCH3 is 1. The molecule has 0 aliphatic heterocycles. The molecule has 0 amide bonds. The largest absolute Gasteiger partial charge is 0.364 e. The van der Waals surface area contributed by atoms with Crippen LogP contribution in [0.25, 0.3) is 0 Å². The molecule has 4 heteroatoms. The number of hydrogen-bond acceptors (Lipinski definition) is 2. The van der Waals surface area contributed by atoms with Gasteiger partial charge in [-0.1, -0.05) is 0 Å². The van der Waals surface area contributed by atoms with E-state index in [0.717, 1.165) is 4.47 Å². The van der Waals surface area contributed by atoms with Crippen LogP contribution in [-0.4, -0.2) is 11.7 Å². The Bertz CT molecular complexity index is 295. The molecule has 1 aromatic rings. The van der Waals surface area contributed by atoms with Crippen molar-refractivity contribution in [3.8, 4) is 0 Å². The van der Waals surface area contributed by atoms with Crippen LogP contribution in [0.2, 0.25) is 0 Å². The summed E-state index contributed by atoms with van der Waals surface area (Å²) in [5, 5.41) is 0. The van der Waals surface area contributed by atoms with Gasteiger partial charge in [-0.3, -0.25) is 9.36 Å². The lowest BCUT2D eigenvalue weighted by Crippen LogP contribution is -2.18. The summed E-state index contributed by atoms with van der Waals surface area (Å²) >= 11 is 3.25. The Hall–Kier alpha value is -0.610. The smallest absolute Gasteiger partial charge is 0.252 e. The minimum atomic E-state index is -0.0601. The third-order valence-electron chi connectivity index (χ3n) is 1.22. The van der Waals surface area contributed by atoms with Gasteiger partial charge in [0.1, 0.15) is 6.73 Å². The lowest BCUT2D eigenvalue weighted by atomic mass is 10.5. The van der Waals surface area contributed by atoms with Gasteiger partial charge in [-0.2, -0.15) is 0 Å². The van der Waals surface area contributed by atoms with Gasteiger partial charge in [0.2, 0.25) is 0 Å². The van der Waals surface area contributed by atoms with Gasteiger partial charge in [-0.05, 0) is 22.0 Å². The highest BCUT2D eigenvalue weighted by molar-refractivity contribution is 9.10. The van der Waals surface area contributed by atoms with Crippen molar-refractivity contribution >= 4 is 15.9 Å². The van der Waals surface area contributed by atoms with E-state index in [-0.39, 0.29) is 12.3 Å². The zero-order valence-corrected chi connectivity index (χ0v) is 7.67. The third-order valence-corrected chi connectivity index (χ3v) is 1.68. The molecule has 0 aliphatic carbocycles. The summed E-state index contributed by atoms with van der Waals surface area (Å²) in [6, 6.07) is 3.19. The van der Waals surface area contributed by atoms with Crippen molar-refractivity contribution in [1.29, 1.82) is 0 Å². The fourth-order valence-electron chi connectivity index (χ4n) is 0.742. The van der Waals surface area contributed by atoms with E-state index in [0.29, 0.717) is 0 Å². The van der Waals surface area contributed by atoms with Crippen LogP contribution in [-0.2, 0) is 11.5 Å². The summed E-state index contributed by atoms with van der Waals surface area (Å²) in [5.74, 6) is 0. The van der Waals surface area contributed by atoms with E-state index in [2.05, 4.69) is 15.9 Å². The van der Waals surface area contributed by atoms with Crippen LogP contribution in [0.4, 0.5) is 0 Å². The molecule has 0 aliphatic rings. The lowest BCUT2D eigenvalue weighted by Gasteiger charge is -2.02. The highest BCUT2D eigenvalue weighted by atomic mass is 79.9. The molecule has 0 bridgehead atoms. The molecule has 0 fully saturated rings. The monoisotopic (exact) mass is 217 g/mol. The second kappa shape index (κ2) is 3.69. The third kappa shape index (κ3) is 2.17. The average molecular weight is 218 g/mol. The van der Waals surface area contributed by atoms with Gasteiger partial charge in [-0.25, -0.2) is 0 Å². The Labute approximate surface area is 72.7 Å². The van der Waals surface area contributed by atoms with Gasteiger partial charge >= 0.3 is 0 Å². The summed E-state index contributed by atoms with van der Waals surface area (Å²) < 4.78 is 7.15. The van der Waals surface area contributed by atoms with E-state index in [9.17, 15) is 4.79 Å². The number of pyridine rings is 1. The predicted molar refractivity (Wildman–Crippen MR) is 45.4 cm³/mol. The van der Waals surface area contributed by atoms with Crippen molar-refractivity contribution in [3.05, 3.63) is 33.2 Å². The van der Waals surface area contributed by atoms with Gasteiger partial charge in [0.15, 0.2) is 0 Å². The molecule has 0 saturated carbocycles. The van der Waals surface area contributed by atoms with Crippen LogP contribution < -0.4 is 5.56 Å².